The van der Waals surface area contributed by atoms with Crippen LogP contribution in [0.3, 0.4) is 0 Å². The maximum absolute atomic E-state index is 13.1. The highest BCUT2D eigenvalue weighted by molar-refractivity contribution is 5.76. The van der Waals surface area contributed by atoms with Crippen molar-refractivity contribution in [2.75, 3.05) is 13.2 Å². The summed E-state index contributed by atoms with van der Waals surface area (Å²) in [5, 5.41) is 54.9. The van der Waals surface area contributed by atoms with Crippen LogP contribution in [0.25, 0.3) is 0 Å². The number of amides is 1. The van der Waals surface area contributed by atoms with Crippen LogP contribution >= 0.6 is 0 Å². The minimum absolute atomic E-state index is 0.143. The number of allylic oxidation sites excluding steroid dienone is 16. The molecule has 0 bridgehead atoms. The van der Waals surface area contributed by atoms with Gasteiger partial charge in [0, 0.05) is 6.42 Å². The molecule has 0 aromatic heterocycles. The summed E-state index contributed by atoms with van der Waals surface area (Å²) in [7, 11) is 0. The number of carbonyl (C=O) groups is 1. The van der Waals surface area contributed by atoms with Crippen LogP contribution in [0.1, 0.15) is 290 Å². The highest BCUT2D eigenvalue weighted by atomic mass is 16.7. The van der Waals surface area contributed by atoms with Gasteiger partial charge in [-0.3, -0.25) is 4.79 Å². The van der Waals surface area contributed by atoms with Crippen molar-refractivity contribution in [2.45, 2.75) is 333 Å². The van der Waals surface area contributed by atoms with Crippen LogP contribution in [0, 0.1) is 0 Å². The van der Waals surface area contributed by atoms with Gasteiger partial charge in [-0.1, -0.05) is 304 Å². The topological polar surface area (TPSA) is 149 Å². The molecule has 7 unspecified atom stereocenters. The maximum Gasteiger partial charge on any atom is 0.220 e. The van der Waals surface area contributed by atoms with Crippen molar-refractivity contribution >= 4 is 5.91 Å². The first-order valence-corrected chi connectivity index (χ1v) is 33.4. The van der Waals surface area contributed by atoms with Crippen molar-refractivity contribution in [3.63, 3.8) is 0 Å². The van der Waals surface area contributed by atoms with E-state index in [9.17, 15) is 30.3 Å². The van der Waals surface area contributed by atoms with Gasteiger partial charge in [-0.15, -0.1) is 0 Å². The molecule has 80 heavy (non-hydrogen) atoms. The van der Waals surface area contributed by atoms with Gasteiger partial charge in [0.25, 0.3) is 0 Å². The summed E-state index contributed by atoms with van der Waals surface area (Å²) in [4.78, 5) is 13.1. The molecule has 0 aromatic carbocycles. The SMILES string of the molecule is CC/C=C\C/C=C\C/C=C\C/C=C\C/C=C\C/C=C\C/C=C\C/C=C\CCCCCCCCCCCCC(=O)NC(COC1OC(CO)C(O)C(O)C1O)C(O)CCCCCCCCCCCCCCCCCCCCCCCC. The van der Waals surface area contributed by atoms with E-state index in [0.29, 0.717) is 12.8 Å². The monoisotopic (exact) mass is 1120 g/mol. The van der Waals surface area contributed by atoms with Gasteiger partial charge in [-0.05, 0) is 77.0 Å². The molecule has 0 saturated carbocycles. The molecule has 0 spiro atoms. The average Bonchev–Trinajstić information content (AvgIpc) is 3.46. The molecule has 9 nitrogen and oxygen atoms in total. The molecule has 1 heterocycles. The molecule has 1 rings (SSSR count). The number of hydrogen-bond donors (Lipinski definition) is 6. The third kappa shape index (κ3) is 47.6. The van der Waals surface area contributed by atoms with E-state index in [1.54, 1.807) is 0 Å². The first-order chi connectivity index (χ1) is 39.3. The second-order valence-electron chi connectivity index (χ2n) is 22.9. The van der Waals surface area contributed by atoms with Crippen molar-refractivity contribution in [3.8, 4) is 0 Å². The summed E-state index contributed by atoms with van der Waals surface area (Å²) < 4.78 is 11.4. The zero-order chi connectivity index (χ0) is 57.9. The lowest BCUT2D eigenvalue weighted by atomic mass is 9.99. The van der Waals surface area contributed by atoms with Crippen LogP contribution in [0.4, 0.5) is 0 Å². The third-order valence-corrected chi connectivity index (χ3v) is 15.5. The average molecular weight is 1120 g/mol. The van der Waals surface area contributed by atoms with E-state index in [2.05, 4.69) is 116 Å². The summed E-state index contributed by atoms with van der Waals surface area (Å²) >= 11 is 0. The van der Waals surface area contributed by atoms with Gasteiger partial charge in [0.2, 0.25) is 5.91 Å². The number of rotatable bonds is 57. The minimum Gasteiger partial charge on any atom is -0.394 e. The van der Waals surface area contributed by atoms with Gasteiger partial charge in [0.15, 0.2) is 6.29 Å². The zero-order valence-electron chi connectivity index (χ0n) is 51.6. The predicted octanol–water partition coefficient (Wildman–Crippen LogP) is 17.9. The third-order valence-electron chi connectivity index (χ3n) is 15.5. The number of aliphatic hydroxyl groups is 5. The molecule has 7 atom stereocenters. The first kappa shape index (κ1) is 75.1. The summed E-state index contributed by atoms with van der Waals surface area (Å²) in [5.74, 6) is -0.149. The summed E-state index contributed by atoms with van der Waals surface area (Å²) in [6.45, 7) is 3.75. The van der Waals surface area contributed by atoms with E-state index in [1.165, 1.54) is 167 Å². The Hall–Kier alpha value is -2.89. The Labute approximate surface area is 492 Å². The van der Waals surface area contributed by atoms with Gasteiger partial charge in [0.05, 0.1) is 25.4 Å². The van der Waals surface area contributed by atoms with Crippen molar-refractivity contribution in [2.24, 2.45) is 0 Å². The molecule has 0 aromatic rings. The van der Waals surface area contributed by atoms with E-state index in [1.807, 2.05) is 0 Å². The number of carbonyl (C=O) groups excluding carboxylic acids is 1. The van der Waals surface area contributed by atoms with Crippen molar-refractivity contribution in [1.29, 1.82) is 0 Å². The number of aliphatic hydroxyl groups excluding tert-OH is 5. The maximum atomic E-state index is 13.1. The lowest BCUT2D eigenvalue weighted by Gasteiger charge is -2.40. The van der Waals surface area contributed by atoms with Gasteiger partial charge in [0.1, 0.15) is 24.4 Å². The fraction of sp³-hybridized carbons (Fsp3) is 0.761. The van der Waals surface area contributed by atoms with Gasteiger partial charge in [-0.25, -0.2) is 0 Å². The summed E-state index contributed by atoms with van der Waals surface area (Å²) in [6, 6.07) is -0.729. The number of hydrogen-bond acceptors (Lipinski definition) is 8. The molecule has 1 saturated heterocycles. The van der Waals surface area contributed by atoms with Crippen LogP contribution in [-0.4, -0.2) is 87.5 Å². The molecule has 462 valence electrons. The largest absolute Gasteiger partial charge is 0.394 e. The van der Waals surface area contributed by atoms with Crippen LogP contribution in [0.15, 0.2) is 97.2 Å². The van der Waals surface area contributed by atoms with Crippen molar-refractivity contribution < 1.29 is 39.8 Å². The highest BCUT2D eigenvalue weighted by Gasteiger charge is 2.44. The Morgan fingerprint density at radius 2 is 0.775 bits per heavy atom. The summed E-state index contributed by atoms with van der Waals surface area (Å²) in [5.41, 5.74) is 0. The fourth-order valence-corrected chi connectivity index (χ4v) is 10.2. The Bertz CT molecular complexity index is 1580. The minimum atomic E-state index is -1.56. The normalized spacial score (nSPS) is 19.1. The molecule has 1 aliphatic heterocycles. The van der Waals surface area contributed by atoms with Crippen LogP contribution in [-0.2, 0) is 14.3 Å². The van der Waals surface area contributed by atoms with Crippen LogP contribution in [0.5, 0.6) is 0 Å². The molecular formula is C71H125NO8. The Balaban J connectivity index is 2.15. The second-order valence-corrected chi connectivity index (χ2v) is 22.9. The molecule has 1 aliphatic rings. The van der Waals surface area contributed by atoms with E-state index in [-0.39, 0.29) is 12.5 Å². The molecule has 6 N–H and O–H groups in total. The molecule has 1 fully saturated rings. The molecule has 1 amide bonds. The van der Waals surface area contributed by atoms with Gasteiger partial charge in [-0.2, -0.15) is 0 Å². The van der Waals surface area contributed by atoms with E-state index < -0.39 is 49.5 Å². The second kappa shape index (κ2) is 59.3. The lowest BCUT2D eigenvalue weighted by molar-refractivity contribution is -0.302. The molecular weight excluding hydrogens is 995 g/mol. The highest BCUT2D eigenvalue weighted by Crippen LogP contribution is 2.23. The summed E-state index contributed by atoms with van der Waals surface area (Å²) in [6.07, 6.45) is 78.8. The Kier molecular flexibility index (Phi) is 55.7. The number of unbranched alkanes of at least 4 members (excludes halogenated alkanes) is 31. The van der Waals surface area contributed by atoms with Gasteiger partial charge < -0.3 is 40.3 Å². The van der Waals surface area contributed by atoms with Crippen molar-refractivity contribution in [1.82, 2.24) is 5.32 Å². The molecule has 0 radical (unpaired) electrons. The van der Waals surface area contributed by atoms with E-state index in [4.69, 9.17) is 9.47 Å². The lowest BCUT2D eigenvalue weighted by Crippen LogP contribution is -2.60. The quantitative estimate of drug-likeness (QED) is 0.0261. The zero-order valence-corrected chi connectivity index (χ0v) is 51.6. The number of ether oxygens (including phenoxy) is 2. The standard InChI is InChI=1S/C71H125NO8/c1-3-5-7-9-11-13-15-17-19-21-23-25-27-28-29-30-31-32-33-34-35-36-37-38-39-41-43-45-47-49-51-53-55-57-59-61-67(75)72-64(63-79-71-70(78)69(77)68(76)66(62-73)80-71)65(74)60-58-56-54-52-50-48-46-44-42-40-26-24-22-20-18-16-14-12-10-8-6-4-2/h5,7,11,13,17,19,23,25,28-29,31-32,34-35,37-38,64-66,68-71,73-74,76-78H,3-4,6,8-10,12,14-16,18,20-22,24,26-27,30,33,36,39-63H2,1-2H3,(H,72,75)/b7-5-,13-11-,19-17-,25-23-,29-28-,32-31-,35-34-,38-37-. The predicted molar refractivity (Wildman–Crippen MR) is 341 cm³/mol. The van der Waals surface area contributed by atoms with Crippen molar-refractivity contribution in [3.05, 3.63) is 97.2 Å². The molecule has 9 heteroatoms. The Morgan fingerprint density at radius 1 is 0.438 bits per heavy atom. The fourth-order valence-electron chi connectivity index (χ4n) is 10.2. The van der Waals surface area contributed by atoms with Gasteiger partial charge >= 0.3 is 0 Å². The van der Waals surface area contributed by atoms with E-state index >= 15 is 0 Å². The van der Waals surface area contributed by atoms with E-state index in [0.717, 1.165) is 96.3 Å². The smallest absolute Gasteiger partial charge is 0.220 e. The van der Waals surface area contributed by atoms with Crippen LogP contribution in [0.2, 0.25) is 0 Å². The Morgan fingerprint density at radius 3 is 1.15 bits per heavy atom. The first-order valence-electron chi connectivity index (χ1n) is 33.4. The van der Waals surface area contributed by atoms with Crippen LogP contribution < -0.4 is 5.32 Å². The molecule has 0 aliphatic carbocycles. The number of nitrogens with one attached hydrogen (secondary N) is 1.